The molecule has 6 nitrogen and oxygen atoms in total. The van der Waals surface area contributed by atoms with Crippen molar-refractivity contribution < 1.29 is 14.3 Å². The maximum absolute atomic E-state index is 11.5. The zero-order valence-electron chi connectivity index (χ0n) is 11.3. The first-order chi connectivity index (χ1) is 9.25. The van der Waals surface area contributed by atoms with Crippen LogP contribution in [0.2, 0.25) is 0 Å². The highest BCUT2D eigenvalue weighted by molar-refractivity contribution is 5.92. The molecule has 2 amide bonds. The Labute approximate surface area is 113 Å². The van der Waals surface area contributed by atoms with Crippen LogP contribution >= 0.6 is 0 Å². The summed E-state index contributed by atoms with van der Waals surface area (Å²) in [6.07, 6.45) is 5.59. The number of carbonyl (C=O) groups excluding carboxylic acids is 2. The van der Waals surface area contributed by atoms with Crippen LogP contribution in [0.25, 0.3) is 0 Å². The minimum Gasteiger partial charge on any atom is -0.363 e. The maximum Gasteiger partial charge on any atom is 0.242 e. The molecule has 2 aliphatic heterocycles. The van der Waals surface area contributed by atoms with Gasteiger partial charge in [0.05, 0.1) is 13.1 Å². The molecule has 1 unspecified atom stereocenters. The molecule has 0 saturated carbocycles. The van der Waals surface area contributed by atoms with Gasteiger partial charge < -0.3 is 15.0 Å². The van der Waals surface area contributed by atoms with Gasteiger partial charge in [-0.25, -0.2) is 0 Å². The van der Waals surface area contributed by atoms with Crippen LogP contribution in [0.15, 0.2) is 0 Å². The number of hydrogen-bond donors (Lipinski definition) is 2. The van der Waals surface area contributed by atoms with E-state index in [-0.39, 0.29) is 31.1 Å². The molecule has 2 heterocycles. The van der Waals surface area contributed by atoms with Crippen molar-refractivity contribution in [1.29, 1.82) is 0 Å². The number of carbonyl (C=O) groups is 2. The van der Waals surface area contributed by atoms with Crippen LogP contribution in [0.1, 0.15) is 32.1 Å². The highest BCUT2D eigenvalue weighted by Gasteiger charge is 2.22. The van der Waals surface area contributed by atoms with Gasteiger partial charge in [-0.05, 0) is 38.6 Å². The van der Waals surface area contributed by atoms with Gasteiger partial charge in [0.25, 0.3) is 0 Å². The molecule has 0 spiro atoms. The quantitative estimate of drug-likeness (QED) is 0.657. The number of nitrogens with one attached hydrogen (secondary N) is 2. The van der Waals surface area contributed by atoms with Crippen molar-refractivity contribution >= 4 is 11.8 Å². The smallest absolute Gasteiger partial charge is 0.242 e. The van der Waals surface area contributed by atoms with Crippen LogP contribution in [0.5, 0.6) is 0 Å². The van der Waals surface area contributed by atoms with Gasteiger partial charge in [-0.2, -0.15) is 0 Å². The molecule has 2 rings (SSSR count). The molecule has 6 heteroatoms. The van der Waals surface area contributed by atoms with E-state index in [1.165, 1.54) is 6.42 Å². The van der Waals surface area contributed by atoms with Crippen LogP contribution in [0.4, 0.5) is 0 Å². The number of piperazine rings is 1. The Morgan fingerprint density at radius 3 is 3.00 bits per heavy atom. The molecule has 108 valence electrons. The Bertz CT molecular complexity index is 316. The first-order valence-electron chi connectivity index (χ1n) is 7.15. The van der Waals surface area contributed by atoms with E-state index in [2.05, 4.69) is 10.6 Å². The second kappa shape index (κ2) is 7.45. The predicted octanol–water partition coefficient (Wildman–Crippen LogP) is -0.159. The van der Waals surface area contributed by atoms with E-state index >= 15 is 0 Å². The molecule has 0 aromatic carbocycles. The van der Waals surface area contributed by atoms with E-state index < -0.39 is 0 Å². The summed E-state index contributed by atoms with van der Waals surface area (Å²) < 4.78 is 5.58. The van der Waals surface area contributed by atoms with Gasteiger partial charge in [-0.1, -0.05) is 0 Å². The molecule has 2 aliphatic rings. The molecule has 0 radical (unpaired) electrons. The summed E-state index contributed by atoms with van der Waals surface area (Å²) >= 11 is 0. The molecule has 19 heavy (non-hydrogen) atoms. The summed E-state index contributed by atoms with van der Waals surface area (Å²) in [5, 5.41) is 5.92. The zero-order valence-corrected chi connectivity index (χ0v) is 11.3. The first kappa shape index (κ1) is 14.3. The third kappa shape index (κ3) is 4.80. The van der Waals surface area contributed by atoms with Crippen LogP contribution in [-0.4, -0.2) is 55.7 Å². The number of rotatable bonds is 6. The van der Waals surface area contributed by atoms with Gasteiger partial charge in [0.15, 0.2) is 0 Å². The van der Waals surface area contributed by atoms with Crippen molar-refractivity contribution in [3.63, 3.8) is 0 Å². The molecule has 2 saturated heterocycles. The molecule has 0 aromatic rings. The standard InChI is InChI=1S/C13H23N3O3/c17-11-10-16(13(18)9-15-11)7-3-2-6-14-12-5-1-4-8-19-12/h12,14H,1-10H2,(H,15,17). The lowest BCUT2D eigenvalue weighted by Crippen LogP contribution is -2.51. The number of unbranched alkanes of at least 4 members (excludes halogenated alkanes) is 1. The van der Waals surface area contributed by atoms with Crippen molar-refractivity contribution in [2.75, 3.05) is 32.8 Å². The van der Waals surface area contributed by atoms with Gasteiger partial charge >= 0.3 is 0 Å². The highest BCUT2D eigenvalue weighted by Crippen LogP contribution is 2.10. The third-order valence-corrected chi connectivity index (χ3v) is 3.53. The largest absolute Gasteiger partial charge is 0.363 e. The van der Waals surface area contributed by atoms with Crippen LogP contribution in [0, 0.1) is 0 Å². The number of amides is 2. The number of ether oxygens (including phenoxy) is 1. The van der Waals surface area contributed by atoms with Gasteiger partial charge in [0.1, 0.15) is 6.23 Å². The summed E-state index contributed by atoms with van der Waals surface area (Å²) in [7, 11) is 0. The Hall–Kier alpha value is -1.14. The van der Waals surface area contributed by atoms with Crippen molar-refractivity contribution in [1.82, 2.24) is 15.5 Å². The Morgan fingerprint density at radius 1 is 1.32 bits per heavy atom. The molecule has 2 fully saturated rings. The molecule has 0 aliphatic carbocycles. The average molecular weight is 269 g/mol. The fraction of sp³-hybridized carbons (Fsp3) is 0.846. The molecular formula is C13H23N3O3. The van der Waals surface area contributed by atoms with Crippen molar-refractivity contribution in [3.8, 4) is 0 Å². The summed E-state index contributed by atoms with van der Waals surface area (Å²) in [6, 6.07) is 0. The van der Waals surface area contributed by atoms with Crippen LogP contribution in [-0.2, 0) is 14.3 Å². The van der Waals surface area contributed by atoms with E-state index in [9.17, 15) is 9.59 Å². The second-order valence-corrected chi connectivity index (χ2v) is 5.11. The monoisotopic (exact) mass is 269 g/mol. The highest BCUT2D eigenvalue weighted by atomic mass is 16.5. The molecule has 0 bridgehead atoms. The number of nitrogens with zero attached hydrogens (tertiary/aromatic N) is 1. The molecule has 1 atom stereocenters. The number of hydrogen-bond acceptors (Lipinski definition) is 4. The second-order valence-electron chi connectivity index (χ2n) is 5.11. The van der Waals surface area contributed by atoms with Gasteiger partial charge in [-0.3, -0.25) is 14.9 Å². The van der Waals surface area contributed by atoms with Gasteiger partial charge in [0.2, 0.25) is 11.8 Å². The Balaban J connectivity index is 1.53. The Morgan fingerprint density at radius 2 is 2.21 bits per heavy atom. The first-order valence-corrected chi connectivity index (χ1v) is 7.15. The van der Waals surface area contributed by atoms with E-state index in [1.54, 1.807) is 4.90 Å². The van der Waals surface area contributed by atoms with Crippen molar-refractivity contribution in [3.05, 3.63) is 0 Å². The topological polar surface area (TPSA) is 70.7 Å². The lowest BCUT2D eigenvalue weighted by Gasteiger charge is -2.27. The summed E-state index contributed by atoms with van der Waals surface area (Å²) in [4.78, 5) is 24.3. The van der Waals surface area contributed by atoms with Crippen molar-refractivity contribution in [2.45, 2.75) is 38.3 Å². The summed E-state index contributed by atoms with van der Waals surface area (Å²) in [5.74, 6) is -0.0449. The zero-order chi connectivity index (χ0) is 13.5. The lowest BCUT2D eigenvalue weighted by atomic mass is 10.2. The maximum atomic E-state index is 11.5. The van der Waals surface area contributed by atoms with E-state index in [0.29, 0.717) is 6.54 Å². The average Bonchev–Trinajstić information content (AvgIpc) is 2.43. The molecule has 0 aromatic heterocycles. The fourth-order valence-corrected chi connectivity index (χ4v) is 2.40. The lowest BCUT2D eigenvalue weighted by molar-refractivity contribution is -0.140. The molecule has 2 N–H and O–H groups in total. The van der Waals surface area contributed by atoms with Crippen LogP contribution in [0.3, 0.4) is 0 Å². The minimum absolute atomic E-state index is 0.0168. The normalized spacial score (nSPS) is 24.4. The SMILES string of the molecule is O=C1CN(CCCCNC2CCCCO2)C(=O)CN1. The van der Waals surface area contributed by atoms with E-state index in [1.807, 2.05) is 0 Å². The minimum atomic E-state index is -0.0617. The fourth-order valence-electron chi connectivity index (χ4n) is 2.40. The predicted molar refractivity (Wildman–Crippen MR) is 70.4 cm³/mol. The van der Waals surface area contributed by atoms with Gasteiger partial charge in [0, 0.05) is 13.2 Å². The van der Waals surface area contributed by atoms with E-state index in [4.69, 9.17) is 4.74 Å². The van der Waals surface area contributed by atoms with E-state index in [0.717, 1.165) is 38.8 Å². The van der Waals surface area contributed by atoms with Gasteiger partial charge in [-0.15, -0.1) is 0 Å². The van der Waals surface area contributed by atoms with Crippen molar-refractivity contribution in [2.24, 2.45) is 0 Å². The summed E-state index contributed by atoms with van der Waals surface area (Å²) in [6.45, 7) is 2.78. The van der Waals surface area contributed by atoms with Crippen LogP contribution < -0.4 is 10.6 Å². The third-order valence-electron chi connectivity index (χ3n) is 3.53. The molecular weight excluding hydrogens is 246 g/mol. The Kier molecular flexibility index (Phi) is 5.60. The summed E-state index contributed by atoms with van der Waals surface area (Å²) in [5.41, 5.74) is 0.